The Morgan fingerprint density at radius 3 is 2.51 bits per heavy atom. The lowest BCUT2D eigenvalue weighted by molar-refractivity contribution is -0.154. The van der Waals surface area contributed by atoms with Crippen LogP contribution in [-0.2, 0) is 19.1 Å². The highest BCUT2D eigenvalue weighted by molar-refractivity contribution is 8.02. The van der Waals surface area contributed by atoms with Gasteiger partial charge in [-0.25, -0.2) is 0 Å². The number of unbranched alkanes of at least 4 members (excludes halogenated alkanes) is 1. The quantitative estimate of drug-likeness (QED) is 0.217. The van der Waals surface area contributed by atoms with Crippen molar-refractivity contribution in [3.05, 3.63) is 25.3 Å². The van der Waals surface area contributed by atoms with Gasteiger partial charge in [-0.15, -0.1) is 24.9 Å². The van der Waals surface area contributed by atoms with E-state index in [0.717, 1.165) is 19.3 Å². The van der Waals surface area contributed by atoms with E-state index in [1.165, 1.54) is 0 Å². The molecule has 2 bridgehead atoms. The van der Waals surface area contributed by atoms with E-state index in [-0.39, 0.29) is 41.7 Å². The first-order chi connectivity index (χ1) is 17.3. The maximum Gasteiger partial charge on any atom is 0.310 e. The molecule has 3 rings (SSSR count). The lowest BCUT2D eigenvalue weighted by Gasteiger charge is -2.46. The standard InChI is InChI=1S/C29H46N2O5S/c1-8-10-18-36-26(35)21-20-13-14-29(37-20)22(21)24(33)30(16-11-12-17-32)23(29)25(34)31(15-9-2)28(6,7)19-27(3,4)5/h8-9,20-23,32H,1-2,10-19H2,3-7H3/t20-,21+,22+,23?,29?/m1/s1. The predicted molar refractivity (Wildman–Crippen MR) is 148 cm³/mol. The van der Waals surface area contributed by atoms with E-state index in [2.05, 4.69) is 47.8 Å². The second kappa shape index (κ2) is 11.5. The lowest BCUT2D eigenvalue weighted by Crippen LogP contribution is -2.60. The summed E-state index contributed by atoms with van der Waals surface area (Å²) in [6.07, 6.45) is 7.48. The van der Waals surface area contributed by atoms with Crippen LogP contribution in [0.1, 0.15) is 73.1 Å². The van der Waals surface area contributed by atoms with E-state index < -0.39 is 28.2 Å². The molecule has 2 unspecified atom stereocenters. The number of rotatable bonds is 13. The zero-order chi connectivity index (χ0) is 27.6. The molecule has 208 valence electrons. The van der Waals surface area contributed by atoms with Gasteiger partial charge in [0.1, 0.15) is 6.04 Å². The molecule has 0 aliphatic carbocycles. The van der Waals surface area contributed by atoms with E-state index in [1.54, 1.807) is 28.8 Å². The fourth-order valence-corrected chi connectivity index (χ4v) is 9.18. The molecule has 3 aliphatic heterocycles. The van der Waals surface area contributed by atoms with E-state index in [4.69, 9.17) is 4.74 Å². The Balaban J connectivity index is 2.01. The van der Waals surface area contributed by atoms with Gasteiger partial charge in [0, 0.05) is 30.5 Å². The summed E-state index contributed by atoms with van der Waals surface area (Å²) in [5.41, 5.74) is -0.459. The van der Waals surface area contributed by atoms with Gasteiger partial charge >= 0.3 is 5.97 Å². The lowest BCUT2D eigenvalue weighted by atomic mass is 9.71. The molecule has 37 heavy (non-hydrogen) atoms. The number of hydrogen-bond acceptors (Lipinski definition) is 6. The molecule has 3 fully saturated rings. The number of esters is 1. The van der Waals surface area contributed by atoms with Crippen molar-refractivity contribution in [1.29, 1.82) is 0 Å². The Hall–Kier alpha value is -1.80. The number of likely N-dealkylation sites (tertiary alicyclic amines) is 1. The number of carbonyl (C=O) groups is 3. The minimum Gasteiger partial charge on any atom is -0.465 e. The van der Waals surface area contributed by atoms with Crippen molar-refractivity contribution in [3.8, 4) is 0 Å². The van der Waals surface area contributed by atoms with Crippen LogP contribution in [0.3, 0.4) is 0 Å². The molecule has 0 aromatic heterocycles. The topological polar surface area (TPSA) is 87.1 Å². The fourth-order valence-electron chi connectivity index (χ4n) is 6.98. The maximum absolute atomic E-state index is 14.6. The molecule has 0 saturated carbocycles. The molecule has 5 atom stereocenters. The Labute approximate surface area is 227 Å². The van der Waals surface area contributed by atoms with Crippen molar-refractivity contribution in [2.75, 3.05) is 26.3 Å². The SMILES string of the molecule is C=CCCOC(=O)[C@@H]1[C@H]2C(=O)N(CCCCO)C(C(=O)N(CC=C)C(C)(C)CC(C)(C)C)C23CC[C@H]1S3. The van der Waals surface area contributed by atoms with Crippen LogP contribution in [0, 0.1) is 17.3 Å². The van der Waals surface area contributed by atoms with Gasteiger partial charge in [-0.1, -0.05) is 32.9 Å². The Morgan fingerprint density at radius 1 is 1.22 bits per heavy atom. The molecule has 0 radical (unpaired) electrons. The first-order valence-corrected chi connectivity index (χ1v) is 14.5. The van der Waals surface area contributed by atoms with Crippen LogP contribution < -0.4 is 0 Å². The second-order valence-corrected chi connectivity index (χ2v) is 14.2. The molecule has 3 heterocycles. The van der Waals surface area contributed by atoms with Crippen molar-refractivity contribution in [1.82, 2.24) is 9.80 Å². The summed E-state index contributed by atoms with van der Waals surface area (Å²) < 4.78 is 4.92. The number of hydrogen-bond donors (Lipinski definition) is 1. The third kappa shape index (κ3) is 5.80. The van der Waals surface area contributed by atoms with Gasteiger partial charge in [0.05, 0.1) is 23.2 Å². The van der Waals surface area contributed by atoms with Gasteiger partial charge < -0.3 is 19.6 Å². The molecular formula is C29H46N2O5S. The molecule has 2 amide bonds. The minimum absolute atomic E-state index is 0.00279. The summed E-state index contributed by atoms with van der Waals surface area (Å²) in [7, 11) is 0. The Bertz CT molecular complexity index is 897. The molecule has 8 heteroatoms. The van der Waals surface area contributed by atoms with Crippen LogP contribution in [0.2, 0.25) is 0 Å². The predicted octanol–water partition coefficient (Wildman–Crippen LogP) is 4.20. The van der Waals surface area contributed by atoms with E-state index in [1.807, 2.05) is 4.90 Å². The smallest absolute Gasteiger partial charge is 0.310 e. The van der Waals surface area contributed by atoms with Crippen molar-refractivity contribution in [2.45, 2.75) is 94.7 Å². The Kier molecular flexibility index (Phi) is 9.26. The van der Waals surface area contributed by atoms with E-state index >= 15 is 0 Å². The summed E-state index contributed by atoms with van der Waals surface area (Å²) in [4.78, 5) is 45.4. The van der Waals surface area contributed by atoms with Crippen LogP contribution in [0.4, 0.5) is 0 Å². The zero-order valence-electron chi connectivity index (χ0n) is 23.3. The Morgan fingerprint density at radius 2 is 1.92 bits per heavy atom. The highest BCUT2D eigenvalue weighted by Crippen LogP contribution is 2.66. The molecule has 0 aromatic rings. The molecule has 1 N–H and O–H groups in total. The number of aliphatic hydroxyl groups is 1. The molecular weight excluding hydrogens is 488 g/mol. The number of thioether (sulfide) groups is 1. The summed E-state index contributed by atoms with van der Waals surface area (Å²) in [5.74, 6) is -1.62. The molecule has 0 aromatic carbocycles. The molecule has 3 saturated heterocycles. The van der Waals surface area contributed by atoms with Gasteiger partial charge in [0.2, 0.25) is 11.8 Å². The highest BCUT2D eigenvalue weighted by atomic mass is 32.2. The number of aliphatic hydroxyl groups excluding tert-OH is 1. The summed E-state index contributed by atoms with van der Waals surface area (Å²) in [5, 5.41) is 9.36. The molecule has 1 spiro atoms. The highest BCUT2D eigenvalue weighted by Gasteiger charge is 2.74. The number of carbonyl (C=O) groups excluding carboxylic acids is 3. The minimum atomic E-state index is -0.649. The average Bonchev–Trinajstić information content (AvgIpc) is 3.43. The molecule has 3 aliphatic rings. The second-order valence-electron chi connectivity index (χ2n) is 12.6. The summed E-state index contributed by atoms with van der Waals surface area (Å²) >= 11 is 1.66. The van der Waals surface area contributed by atoms with Crippen LogP contribution in [-0.4, -0.2) is 80.6 Å². The number of fused-ring (bicyclic) bond motifs is 1. The number of nitrogens with zero attached hydrogens (tertiary/aromatic N) is 2. The summed E-state index contributed by atoms with van der Waals surface area (Å²) in [6.45, 7) is 19.3. The van der Waals surface area contributed by atoms with Crippen molar-refractivity contribution in [2.24, 2.45) is 17.3 Å². The first-order valence-electron chi connectivity index (χ1n) is 13.6. The van der Waals surface area contributed by atoms with Crippen molar-refractivity contribution in [3.63, 3.8) is 0 Å². The third-order valence-corrected chi connectivity index (χ3v) is 9.90. The van der Waals surface area contributed by atoms with E-state index in [0.29, 0.717) is 32.4 Å². The van der Waals surface area contributed by atoms with Crippen molar-refractivity contribution < 1.29 is 24.2 Å². The number of amides is 2. The van der Waals surface area contributed by atoms with E-state index in [9.17, 15) is 19.5 Å². The van der Waals surface area contributed by atoms with Gasteiger partial charge in [-0.2, -0.15) is 0 Å². The van der Waals surface area contributed by atoms with Gasteiger partial charge in [-0.3, -0.25) is 14.4 Å². The largest absolute Gasteiger partial charge is 0.465 e. The first kappa shape index (κ1) is 29.8. The molecule has 7 nitrogen and oxygen atoms in total. The third-order valence-electron chi connectivity index (χ3n) is 7.95. The van der Waals surface area contributed by atoms with Gasteiger partial charge in [0.15, 0.2) is 0 Å². The van der Waals surface area contributed by atoms with Crippen LogP contribution in [0.15, 0.2) is 25.3 Å². The van der Waals surface area contributed by atoms with Crippen molar-refractivity contribution >= 4 is 29.5 Å². The van der Waals surface area contributed by atoms with Gasteiger partial charge in [0.25, 0.3) is 0 Å². The van der Waals surface area contributed by atoms with Crippen LogP contribution >= 0.6 is 11.8 Å². The summed E-state index contributed by atoms with van der Waals surface area (Å²) in [6, 6.07) is -0.649. The van der Waals surface area contributed by atoms with Crippen LogP contribution in [0.25, 0.3) is 0 Å². The number of ether oxygens (including phenoxy) is 1. The maximum atomic E-state index is 14.6. The fraction of sp³-hybridized carbons (Fsp3) is 0.759. The van der Waals surface area contributed by atoms with Crippen LogP contribution in [0.5, 0.6) is 0 Å². The van der Waals surface area contributed by atoms with Gasteiger partial charge in [-0.05, 0) is 57.8 Å². The normalized spacial score (nSPS) is 28.8. The average molecular weight is 535 g/mol. The zero-order valence-corrected chi connectivity index (χ0v) is 24.1. The monoisotopic (exact) mass is 534 g/mol.